The van der Waals surface area contributed by atoms with Crippen LogP contribution in [-0.4, -0.2) is 44.6 Å². The molecule has 0 aromatic carbocycles. The second kappa shape index (κ2) is 20.9. The molecule has 0 bridgehead atoms. The first-order valence-electron chi connectivity index (χ1n) is 10.3. The molecule has 0 aliphatic rings. The van der Waals surface area contributed by atoms with E-state index in [9.17, 15) is 14.7 Å². The van der Waals surface area contributed by atoms with Gasteiger partial charge in [-0.2, -0.15) is 0 Å². The third kappa shape index (κ3) is 26.9. The zero-order valence-corrected chi connectivity index (χ0v) is 17.1. The lowest BCUT2D eigenvalue weighted by Gasteiger charge is -2.07. The number of hydrogen-bond acceptors (Lipinski definition) is 4. The minimum absolute atomic E-state index is 0.172. The van der Waals surface area contributed by atoms with E-state index in [1.54, 1.807) is 0 Å². The van der Waals surface area contributed by atoms with Crippen LogP contribution in [0.2, 0.25) is 0 Å². The van der Waals surface area contributed by atoms with Crippen LogP contribution in [0.1, 0.15) is 97.3 Å². The lowest BCUT2D eigenvalue weighted by Crippen LogP contribution is -2.13. The molecule has 0 heterocycles. The van der Waals surface area contributed by atoms with E-state index in [0.717, 1.165) is 51.4 Å². The fraction of sp³-hybridized carbons (Fsp3) is 0.810. The number of aliphatic hydroxyl groups excluding tert-OH is 2. The first kappa shape index (κ1) is 27.8. The van der Waals surface area contributed by atoms with Gasteiger partial charge in [0.2, 0.25) is 0 Å². The molecule has 2 unspecified atom stereocenters. The van der Waals surface area contributed by atoms with E-state index < -0.39 is 18.0 Å². The van der Waals surface area contributed by atoms with Gasteiger partial charge >= 0.3 is 11.9 Å². The van der Waals surface area contributed by atoms with Gasteiger partial charge in [-0.15, -0.1) is 0 Å². The van der Waals surface area contributed by atoms with Crippen LogP contribution in [0, 0.1) is 0 Å². The maximum atomic E-state index is 10.3. The Morgan fingerprint density at radius 3 is 1.96 bits per heavy atom. The van der Waals surface area contributed by atoms with Crippen LogP contribution >= 0.6 is 0 Å². The first-order chi connectivity index (χ1) is 12.8. The van der Waals surface area contributed by atoms with E-state index in [-0.39, 0.29) is 6.10 Å². The van der Waals surface area contributed by atoms with E-state index >= 15 is 0 Å². The van der Waals surface area contributed by atoms with Crippen molar-refractivity contribution in [3.63, 3.8) is 0 Å². The van der Waals surface area contributed by atoms with Crippen LogP contribution in [0.15, 0.2) is 12.2 Å². The molecule has 6 nitrogen and oxygen atoms in total. The Hall–Kier alpha value is -1.40. The molecule has 160 valence electrons. The summed E-state index contributed by atoms with van der Waals surface area (Å²) in [5.74, 6) is -1.87. The monoisotopic (exact) mass is 388 g/mol. The third-order valence-corrected chi connectivity index (χ3v) is 4.08. The van der Waals surface area contributed by atoms with Crippen LogP contribution in [0.3, 0.4) is 0 Å². The van der Waals surface area contributed by atoms with Crippen LogP contribution < -0.4 is 0 Å². The van der Waals surface area contributed by atoms with Crippen molar-refractivity contribution in [3.05, 3.63) is 12.2 Å². The lowest BCUT2D eigenvalue weighted by atomic mass is 10.1. The van der Waals surface area contributed by atoms with Crippen molar-refractivity contribution in [2.45, 2.75) is 110 Å². The number of hydrogen-bond donors (Lipinski definition) is 4. The summed E-state index contributed by atoms with van der Waals surface area (Å²) in [6.07, 6.45) is 16.1. The standard InChI is InChI=1S/C18H34O3.C3H6O3/c1-2-3-4-11-14-17(19)15-12-9-7-5-6-8-10-13-16-18(20)21;1-2(4)3(5)6/h9,12,17,19H,2-8,10-11,13-16H2,1H3,(H,20,21);2,4H,1H3,(H,5,6)/b12-9-;. The van der Waals surface area contributed by atoms with Gasteiger partial charge in [0.15, 0.2) is 0 Å². The second-order valence-corrected chi connectivity index (χ2v) is 6.92. The summed E-state index contributed by atoms with van der Waals surface area (Å²) in [5, 5.41) is 34.1. The molecular formula is C21H40O6. The van der Waals surface area contributed by atoms with Crippen LogP contribution in [0.5, 0.6) is 0 Å². The smallest absolute Gasteiger partial charge is 0.332 e. The molecule has 0 saturated carbocycles. The predicted octanol–water partition coefficient (Wildman–Crippen LogP) is 4.53. The largest absolute Gasteiger partial charge is 0.481 e. The number of carboxylic acid groups (broad SMARTS) is 2. The highest BCUT2D eigenvalue weighted by molar-refractivity contribution is 5.71. The molecule has 4 N–H and O–H groups in total. The number of carboxylic acids is 2. The summed E-state index contributed by atoms with van der Waals surface area (Å²) in [7, 11) is 0. The Bertz CT molecular complexity index is 379. The number of aliphatic carboxylic acids is 2. The molecule has 0 aliphatic heterocycles. The number of unbranched alkanes of at least 4 members (excludes halogenated alkanes) is 8. The van der Waals surface area contributed by atoms with Gasteiger partial charge in [0.05, 0.1) is 6.10 Å². The van der Waals surface area contributed by atoms with E-state index in [1.165, 1.54) is 32.6 Å². The summed E-state index contributed by atoms with van der Waals surface area (Å²) in [6.45, 7) is 3.40. The van der Waals surface area contributed by atoms with Gasteiger partial charge in [0.25, 0.3) is 0 Å². The summed E-state index contributed by atoms with van der Waals surface area (Å²) in [6, 6.07) is 0. The van der Waals surface area contributed by atoms with E-state index in [2.05, 4.69) is 19.1 Å². The van der Waals surface area contributed by atoms with Gasteiger partial charge in [-0.05, 0) is 39.0 Å². The van der Waals surface area contributed by atoms with Gasteiger partial charge in [-0.1, -0.05) is 64.0 Å². The van der Waals surface area contributed by atoms with Gasteiger partial charge in [0.1, 0.15) is 6.10 Å². The molecule has 0 aromatic heterocycles. The Kier molecular flexibility index (Phi) is 21.5. The maximum Gasteiger partial charge on any atom is 0.332 e. The van der Waals surface area contributed by atoms with Crippen molar-refractivity contribution >= 4 is 11.9 Å². The van der Waals surface area contributed by atoms with Crippen molar-refractivity contribution in [2.24, 2.45) is 0 Å². The van der Waals surface area contributed by atoms with Crippen molar-refractivity contribution in [1.29, 1.82) is 0 Å². The van der Waals surface area contributed by atoms with E-state index in [1.807, 2.05) is 0 Å². The molecule has 0 saturated heterocycles. The van der Waals surface area contributed by atoms with Gasteiger partial charge in [0, 0.05) is 6.42 Å². The fourth-order valence-corrected chi connectivity index (χ4v) is 2.36. The molecule has 0 radical (unpaired) electrons. The summed E-state index contributed by atoms with van der Waals surface area (Å²) in [5.41, 5.74) is 0. The summed E-state index contributed by atoms with van der Waals surface area (Å²) >= 11 is 0. The molecule has 6 heteroatoms. The quantitative estimate of drug-likeness (QED) is 0.228. The highest BCUT2D eigenvalue weighted by Gasteiger charge is 2.02. The number of allylic oxidation sites excluding steroid dienone is 1. The molecule has 27 heavy (non-hydrogen) atoms. The third-order valence-electron chi connectivity index (χ3n) is 4.08. The minimum Gasteiger partial charge on any atom is -0.481 e. The van der Waals surface area contributed by atoms with E-state index in [0.29, 0.717) is 6.42 Å². The predicted molar refractivity (Wildman–Crippen MR) is 108 cm³/mol. The SMILES string of the molecule is CC(O)C(=O)O.CCCCCCC(O)C/C=C\CCCCCCCC(=O)O. The molecule has 0 spiro atoms. The normalized spacial score (nSPS) is 13.0. The lowest BCUT2D eigenvalue weighted by molar-refractivity contribution is -0.145. The highest BCUT2D eigenvalue weighted by Crippen LogP contribution is 2.10. The zero-order chi connectivity index (χ0) is 20.9. The van der Waals surface area contributed by atoms with Crippen LogP contribution in [0.4, 0.5) is 0 Å². The Labute approximate surface area is 164 Å². The Balaban J connectivity index is 0. The summed E-state index contributed by atoms with van der Waals surface area (Å²) in [4.78, 5) is 19.8. The maximum absolute atomic E-state index is 10.3. The molecule has 2 atom stereocenters. The summed E-state index contributed by atoms with van der Waals surface area (Å²) < 4.78 is 0. The zero-order valence-electron chi connectivity index (χ0n) is 17.1. The fourth-order valence-electron chi connectivity index (χ4n) is 2.36. The molecule has 0 aromatic rings. The van der Waals surface area contributed by atoms with Crippen molar-refractivity contribution in [3.8, 4) is 0 Å². The average Bonchev–Trinajstić information content (AvgIpc) is 2.60. The Morgan fingerprint density at radius 1 is 0.852 bits per heavy atom. The van der Waals surface area contributed by atoms with Crippen molar-refractivity contribution in [2.75, 3.05) is 0 Å². The van der Waals surface area contributed by atoms with Gasteiger partial charge < -0.3 is 20.4 Å². The van der Waals surface area contributed by atoms with E-state index in [4.69, 9.17) is 15.3 Å². The van der Waals surface area contributed by atoms with Crippen molar-refractivity contribution < 1.29 is 30.0 Å². The van der Waals surface area contributed by atoms with Gasteiger partial charge in [-0.3, -0.25) is 4.79 Å². The number of rotatable bonds is 16. The molecule has 0 rings (SSSR count). The first-order valence-corrected chi connectivity index (χ1v) is 10.3. The molecule has 0 fully saturated rings. The molecular weight excluding hydrogens is 348 g/mol. The number of carbonyl (C=O) groups is 2. The average molecular weight is 389 g/mol. The second-order valence-electron chi connectivity index (χ2n) is 6.92. The highest BCUT2D eigenvalue weighted by atomic mass is 16.4. The van der Waals surface area contributed by atoms with Gasteiger partial charge in [-0.25, -0.2) is 4.79 Å². The number of aliphatic hydroxyl groups is 2. The topological polar surface area (TPSA) is 115 Å². The Morgan fingerprint density at radius 2 is 1.41 bits per heavy atom. The minimum atomic E-state index is -1.23. The van der Waals surface area contributed by atoms with Crippen molar-refractivity contribution in [1.82, 2.24) is 0 Å². The molecule has 0 amide bonds. The molecule has 0 aliphatic carbocycles. The van der Waals surface area contributed by atoms with Crippen LogP contribution in [-0.2, 0) is 9.59 Å². The van der Waals surface area contributed by atoms with Crippen LogP contribution in [0.25, 0.3) is 0 Å².